The molecule has 1 aromatic carbocycles. The second kappa shape index (κ2) is 6.64. The minimum Gasteiger partial charge on any atom is -0.351 e. The smallest absolute Gasteiger partial charge is 0.226 e. The Morgan fingerprint density at radius 1 is 1.20 bits per heavy atom. The number of nitrogens with one attached hydrogen (secondary N) is 2. The van der Waals surface area contributed by atoms with Crippen molar-refractivity contribution < 1.29 is 9.59 Å². The van der Waals surface area contributed by atoms with E-state index in [1.54, 1.807) is 0 Å². The van der Waals surface area contributed by atoms with E-state index in [-0.39, 0.29) is 28.8 Å². The minimum absolute atomic E-state index is 0.0115. The molecule has 0 aromatic heterocycles. The van der Waals surface area contributed by atoms with Crippen molar-refractivity contribution in [2.75, 3.05) is 0 Å². The van der Waals surface area contributed by atoms with Crippen LogP contribution in [0, 0.1) is 11.3 Å². The maximum Gasteiger partial charge on any atom is 0.226 e. The number of hydrogen-bond donors (Lipinski definition) is 2. The van der Waals surface area contributed by atoms with Crippen LogP contribution in [0.4, 0.5) is 0 Å². The van der Waals surface area contributed by atoms with Crippen molar-refractivity contribution in [3.05, 3.63) is 34.9 Å². The number of carbonyl (C=O) groups is 2. The fourth-order valence-electron chi connectivity index (χ4n) is 4.76. The lowest BCUT2D eigenvalue weighted by Gasteiger charge is -2.69. The number of hydrogen-bond acceptors (Lipinski definition) is 2. The lowest BCUT2D eigenvalue weighted by Crippen LogP contribution is -2.78. The molecule has 3 aliphatic rings. The fraction of sp³-hybridized carbons (Fsp3) is 0.600. The molecule has 3 saturated carbocycles. The lowest BCUT2D eigenvalue weighted by molar-refractivity contribution is -0.184. The Kier molecular flexibility index (Phi) is 4.84. The van der Waals surface area contributed by atoms with E-state index in [0.29, 0.717) is 10.9 Å². The largest absolute Gasteiger partial charge is 0.351 e. The lowest BCUT2D eigenvalue weighted by atomic mass is 9.39. The summed E-state index contributed by atoms with van der Waals surface area (Å²) in [5.74, 6) is 0.484. The monoisotopic (exact) mass is 362 g/mol. The van der Waals surface area contributed by atoms with Gasteiger partial charge in [0.1, 0.15) is 0 Å². The predicted octanol–water partition coefficient (Wildman–Crippen LogP) is 3.99. The summed E-state index contributed by atoms with van der Waals surface area (Å²) in [5, 5.41) is 7.00. The molecule has 1 aromatic rings. The Hall–Kier alpha value is -1.55. The second-order valence-electron chi connectivity index (χ2n) is 7.85. The van der Waals surface area contributed by atoms with E-state index in [1.165, 1.54) is 6.92 Å². The molecule has 5 heteroatoms. The van der Waals surface area contributed by atoms with Crippen molar-refractivity contribution in [2.24, 2.45) is 11.3 Å². The molecule has 0 radical (unpaired) electrons. The van der Waals surface area contributed by atoms with Crippen LogP contribution in [0.25, 0.3) is 0 Å². The summed E-state index contributed by atoms with van der Waals surface area (Å²) in [7, 11) is 0. The van der Waals surface area contributed by atoms with Crippen LogP contribution in [0.15, 0.2) is 24.3 Å². The topological polar surface area (TPSA) is 58.2 Å². The van der Waals surface area contributed by atoms with E-state index in [0.717, 1.165) is 37.7 Å². The highest BCUT2D eigenvalue weighted by atomic mass is 35.5. The van der Waals surface area contributed by atoms with E-state index in [4.69, 9.17) is 11.6 Å². The van der Waals surface area contributed by atoms with Crippen LogP contribution in [0.1, 0.15) is 64.5 Å². The van der Waals surface area contributed by atoms with Gasteiger partial charge in [0.25, 0.3) is 0 Å². The molecule has 2 bridgehead atoms. The van der Waals surface area contributed by atoms with Crippen LogP contribution in [0.5, 0.6) is 0 Å². The molecule has 0 spiro atoms. The molecule has 3 fully saturated rings. The zero-order chi connectivity index (χ0) is 18.2. The second-order valence-corrected chi connectivity index (χ2v) is 8.29. The first kappa shape index (κ1) is 18.2. The van der Waals surface area contributed by atoms with E-state index in [2.05, 4.69) is 24.5 Å². The van der Waals surface area contributed by atoms with Crippen LogP contribution in [0.2, 0.25) is 5.02 Å². The third-order valence-corrected chi connectivity index (χ3v) is 6.20. The Morgan fingerprint density at radius 2 is 1.84 bits per heavy atom. The van der Waals surface area contributed by atoms with Gasteiger partial charge in [0.15, 0.2) is 0 Å². The maximum absolute atomic E-state index is 13.0. The van der Waals surface area contributed by atoms with Crippen molar-refractivity contribution in [3.63, 3.8) is 0 Å². The molecular weight excluding hydrogens is 336 g/mol. The van der Waals surface area contributed by atoms with Gasteiger partial charge in [0, 0.05) is 17.5 Å². The molecule has 4 nitrogen and oxygen atoms in total. The van der Waals surface area contributed by atoms with Gasteiger partial charge >= 0.3 is 0 Å². The van der Waals surface area contributed by atoms with Gasteiger partial charge in [-0.25, -0.2) is 0 Å². The highest BCUT2D eigenvalue weighted by Crippen LogP contribution is 2.67. The van der Waals surface area contributed by atoms with E-state index >= 15 is 0 Å². The molecule has 2 amide bonds. The molecule has 2 N–H and O–H groups in total. The van der Waals surface area contributed by atoms with Gasteiger partial charge in [0.2, 0.25) is 11.8 Å². The number of halogens is 1. The maximum atomic E-state index is 13.0. The molecule has 0 saturated heterocycles. The van der Waals surface area contributed by atoms with Gasteiger partial charge in [-0.15, -0.1) is 0 Å². The van der Waals surface area contributed by atoms with Crippen molar-refractivity contribution in [3.8, 4) is 0 Å². The fourth-order valence-corrected chi connectivity index (χ4v) is 4.96. The summed E-state index contributed by atoms with van der Waals surface area (Å²) < 4.78 is 0. The third kappa shape index (κ3) is 3.29. The summed E-state index contributed by atoms with van der Waals surface area (Å²) >= 11 is 6.17. The van der Waals surface area contributed by atoms with Crippen molar-refractivity contribution in [2.45, 2.75) is 64.5 Å². The molecular formula is C20H27ClN2O2. The molecule has 4 rings (SSSR count). The van der Waals surface area contributed by atoms with E-state index in [9.17, 15) is 9.59 Å². The van der Waals surface area contributed by atoms with Gasteiger partial charge in [-0.05, 0) is 42.9 Å². The Bertz CT molecular complexity index is 664. The Morgan fingerprint density at radius 3 is 2.36 bits per heavy atom. The molecule has 1 atom stereocenters. The van der Waals surface area contributed by atoms with E-state index in [1.807, 2.05) is 24.3 Å². The zero-order valence-corrected chi connectivity index (χ0v) is 16.0. The predicted molar refractivity (Wildman–Crippen MR) is 99.2 cm³/mol. The van der Waals surface area contributed by atoms with Crippen LogP contribution in [-0.2, 0) is 9.59 Å². The van der Waals surface area contributed by atoms with Crippen LogP contribution < -0.4 is 10.6 Å². The number of carbonyl (C=O) groups excluding carboxylic acids is 2. The van der Waals surface area contributed by atoms with Crippen molar-refractivity contribution in [1.82, 2.24) is 10.6 Å². The number of amides is 2. The Balaban J connectivity index is 1.72. The first-order valence-corrected chi connectivity index (χ1v) is 9.56. The van der Waals surface area contributed by atoms with Gasteiger partial charge in [-0.1, -0.05) is 50.4 Å². The van der Waals surface area contributed by atoms with Crippen LogP contribution in [0.3, 0.4) is 0 Å². The normalized spacial score (nSPS) is 27.9. The van der Waals surface area contributed by atoms with E-state index < -0.39 is 0 Å². The van der Waals surface area contributed by atoms with Crippen molar-refractivity contribution >= 4 is 23.4 Å². The molecule has 25 heavy (non-hydrogen) atoms. The SMILES string of the molecule is CCC(CC)[C@H](NC(=O)C12CC(NC(C)=O)(C1)C2)c1cccc(Cl)c1. The van der Waals surface area contributed by atoms with Gasteiger partial charge in [0.05, 0.1) is 11.5 Å². The van der Waals surface area contributed by atoms with Crippen LogP contribution in [-0.4, -0.2) is 17.4 Å². The van der Waals surface area contributed by atoms with Crippen molar-refractivity contribution in [1.29, 1.82) is 0 Å². The summed E-state index contributed by atoms with van der Waals surface area (Å²) in [6.45, 7) is 5.85. The van der Waals surface area contributed by atoms with Gasteiger partial charge in [-0.2, -0.15) is 0 Å². The standard InChI is InChI=1S/C20H27ClN2O2/c1-4-14(5-2)17(15-7-6-8-16(21)9-15)22-18(25)19-10-20(11-19,12-19)23-13(3)24/h6-9,14,17H,4-5,10-12H2,1-3H3,(H,22,25)(H,23,24)/t17-,19?,20?/m0/s1. The quantitative estimate of drug-likeness (QED) is 0.770. The first-order valence-electron chi connectivity index (χ1n) is 9.18. The molecule has 0 heterocycles. The highest BCUT2D eigenvalue weighted by molar-refractivity contribution is 6.30. The number of rotatable bonds is 7. The zero-order valence-electron chi connectivity index (χ0n) is 15.2. The molecule has 136 valence electrons. The van der Waals surface area contributed by atoms with Gasteiger partial charge in [-0.3, -0.25) is 9.59 Å². The number of benzene rings is 1. The molecule has 0 unspecified atom stereocenters. The van der Waals surface area contributed by atoms with Gasteiger partial charge < -0.3 is 10.6 Å². The average Bonchev–Trinajstić information content (AvgIpc) is 2.49. The highest BCUT2D eigenvalue weighted by Gasteiger charge is 2.72. The van der Waals surface area contributed by atoms with Crippen LogP contribution >= 0.6 is 11.6 Å². The summed E-state index contributed by atoms with van der Waals surface area (Å²) in [6, 6.07) is 7.76. The summed E-state index contributed by atoms with van der Waals surface area (Å²) in [5.41, 5.74) is 0.660. The first-order chi connectivity index (χ1) is 11.8. The summed E-state index contributed by atoms with van der Waals surface area (Å²) in [6.07, 6.45) is 4.28. The molecule has 3 aliphatic carbocycles. The molecule has 0 aliphatic heterocycles. The minimum atomic E-state index is -0.286. The average molecular weight is 363 g/mol. The third-order valence-electron chi connectivity index (χ3n) is 5.97. The summed E-state index contributed by atoms with van der Waals surface area (Å²) in [4.78, 5) is 24.2. The Labute approximate surface area is 154 Å².